The highest BCUT2D eigenvalue weighted by molar-refractivity contribution is 6.26. The van der Waals surface area contributed by atoms with Crippen molar-refractivity contribution in [2.75, 3.05) is 0 Å². The van der Waals surface area contributed by atoms with Gasteiger partial charge < -0.3 is 0 Å². The number of hydrogen-bond donors (Lipinski definition) is 1. The second-order valence-corrected chi connectivity index (χ2v) is 5.35. The smallest absolute Gasteiger partial charge is 0.229 e. The van der Waals surface area contributed by atoms with Crippen molar-refractivity contribution in [3.63, 3.8) is 0 Å². The fourth-order valence-electron chi connectivity index (χ4n) is 2.89. The van der Waals surface area contributed by atoms with Crippen LogP contribution in [0.5, 0.6) is 0 Å². The molecule has 2 unspecified atom stereocenters. The molecule has 1 aliphatic carbocycles. The monoisotopic (exact) mass is 289 g/mol. The van der Waals surface area contributed by atoms with Gasteiger partial charge in [0.1, 0.15) is 5.82 Å². The Balaban J connectivity index is 1.82. The van der Waals surface area contributed by atoms with Crippen LogP contribution in [0.15, 0.2) is 18.2 Å². The van der Waals surface area contributed by atoms with E-state index in [1.807, 2.05) is 0 Å². The maximum absolute atomic E-state index is 13.2. The summed E-state index contributed by atoms with van der Waals surface area (Å²) in [4.78, 5) is 47.3. The second kappa shape index (κ2) is 4.87. The normalized spacial score (nSPS) is 25.0. The highest BCUT2D eigenvalue weighted by atomic mass is 19.1. The van der Waals surface area contributed by atoms with Crippen LogP contribution >= 0.6 is 0 Å². The molecule has 1 aliphatic heterocycles. The van der Waals surface area contributed by atoms with Gasteiger partial charge in [-0.15, -0.1) is 0 Å². The molecule has 108 valence electrons. The number of carbonyl (C=O) groups is 4. The minimum Gasteiger partial charge on any atom is -0.296 e. The zero-order valence-corrected chi connectivity index (χ0v) is 11.0. The van der Waals surface area contributed by atoms with Crippen LogP contribution in [-0.2, 0) is 9.59 Å². The van der Waals surface area contributed by atoms with Gasteiger partial charge in [-0.25, -0.2) is 4.39 Å². The molecule has 0 saturated carbocycles. The average molecular weight is 289 g/mol. The zero-order chi connectivity index (χ0) is 15.1. The second-order valence-electron chi connectivity index (χ2n) is 5.35. The van der Waals surface area contributed by atoms with Crippen molar-refractivity contribution in [1.82, 2.24) is 5.32 Å². The van der Waals surface area contributed by atoms with E-state index in [-0.39, 0.29) is 35.7 Å². The predicted octanol–water partition coefficient (Wildman–Crippen LogP) is 1.26. The lowest BCUT2D eigenvalue weighted by atomic mass is 9.86. The SMILES string of the molecule is O=C1CCC(CC2C(=O)c3ccc(F)cc3C2=O)C(=O)N1. The number of nitrogens with one attached hydrogen (secondary N) is 1. The van der Waals surface area contributed by atoms with Crippen LogP contribution < -0.4 is 5.32 Å². The van der Waals surface area contributed by atoms with Crippen LogP contribution in [0, 0.1) is 17.7 Å². The minimum atomic E-state index is -0.953. The van der Waals surface area contributed by atoms with Crippen LogP contribution in [0.25, 0.3) is 0 Å². The molecular weight excluding hydrogens is 277 g/mol. The largest absolute Gasteiger partial charge is 0.296 e. The van der Waals surface area contributed by atoms with E-state index in [9.17, 15) is 23.6 Å². The zero-order valence-electron chi connectivity index (χ0n) is 11.0. The Kier molecular flexibility index (Phi) is 3.16. The van der Waals surface area contributed by atoms with E-state index in [1.165, 1.54) is 6.07 Å². The van der Waals surface area contributed by atoms with E-state index in [0.29, 0.717) is 6.42 Å². The van der Waals surface area contributed by atoms with Gasteiger partial charge in [-0.3, -0.25) is 24.5 Å². The summed E-state index contributed by atoms with van der Waals surface area (Å²) in [7, 11) is 0. The number of hydrogen-bond acceptors (Lipinski definition) is 4. The molecule has 1 heterocycles. The van der Waals surface area contributed by atoms with Crippen LogP contribution in [-0.4, -0.2) is 23.4 Å². The molecule has 1 N–H and O–H groups in total. The Morgan fingerprint density at radius 2 is 1.81 bits per heavy atom. The lowest BCUT2D eigenvalue weighted by Gasteiger charge is -2.22. The highest BCUT2D eigenvalue weighted by Gasteiger charge is 2.41. The summed E-state index contributed by atoms with van der Waals surface area (Å²) in [6.45, 7) is 0. The molecule has 5 nitrogen and oxygen atoms in total. The van der Waals surface area contributed by atoms with Gasteiger partial charge in [0.05, 0.1) is 5.92 Å². The van der Waals surface area contributed by atoms with Crippen LogP contribution in [0.4, 0.5) is 4.39 Å². The van der Waals surface area contributed by atoms with Crippen molar-refractivity contribution in [3.8, 4) is 0 Å². The molecule has 0 radical (unpaired) electrons. The molecule has 2 atom stereocenters. The van der Waals surface area contributed by atoms with Gasteiger partial charge in [-0.05, 0) is 31.0 Å². The first-order valence-electron chi connectivity index (χ1n) is 6.69. The molecule has 0 aromatic heterocycles. The first-order valence-corrected chi connectivity index (χ1v) is 6.69. The maximum atomic E-state index is 13.2. The van der Waals surface area contributed by atoms with Crippen molar-refractivity contribution in [3.05, 3.63) is 35.1 Å². The van der Waals surface area contributed by atoms with Gasteiger partial charge in [0.2, 0.25) is 11.8 Å². The number of benzene rings is 1. The highest BCUT2D eigenvalue weighted by Crippen LogP contribution is 2.33. The fourth-order valence-corrected chi connectivity index (χ4v) is 2.89. The molecular formula is C15H12FNO4. The molecule has 0 bridgehead atoms. The van der Waals surface area contributed by atoms with Crippen LogP contribution in [0.1, 0.15) is 40.0 Å². The number of amides is 2. The van der Waals surface area contributed by atoms with Gasteiger partial charge in [-0.2, -0.15) is 0 Å². The number of halogens is 1. The van der Waals surface area contributed by atoms with Gasteiger partial charge >= 0.3 is 0 Å². The number of fused-ring (bicyclic) bond motifs is 1. The number of Topliss-reactive ketones (excluding diaryl/α,β-unsaturated/α-hetero) is 2. The summed E-state index contributed by atoms with van der Waals surface area (Å²) < 4.78 is 13.2. The summed E-state index contributed by atoms with van der Waals surface area (Å²) in [5.41, 5.74) is 0.288. The van der Waals surface area contributed by atoms with E-state index in [4.69, 9.17) is 0 Å². The van der Waals surface area contributed by atoms with Crippen molar-refractivity contribution < 1.29 is 23.6 Å². The van der Waals surface area contributed by atoms with Crippen molar-refractivity contribution in [2.24, 2.45) is 11.8 Å². The maximum Gasteiger partial charge on any atom is 0.229 e. The number of piperidine rings is 1. The van der Waals surface area contributed by atoms with Gasteiger partial charge in [-0.1, -0.05) is 0 Å². The Labute approximate surface area is 119 Å². The van der Waals surface area contributed by atoms with Crippen molar-refractivity contribution in [2.45, 2.75) is 19.3 Å². The third kappa shape index (κ3) is 2.26. The minimum absolute atomic E-state index is 0.0626. The number of carbonyl (C=O) groups excluding carboxylic acids is 4. The Bertz CT molecular complexity index is 682. The molecule has 2 amide bonds. The van der Waals surface area contributed by atoms with Crippen molar-refractivity contribution in [1.29, 1.82) is 0 Å². The summed E-state index contributed by atoms with van der Waals surface area (Å²) in [6, 6.07) is 3.49. The van der Waals surface area contributed by atoms with Gasteiger partial charge in [0.25, 0.3) is 0 Å². The first kappa shape index (κ1) is 13.6. The molecule has 3 rings (SSSR count). The summed E-state index contributed by atoms with van der Waals surface area (Å²) in [6.07, 6.45) is 0.590. The Morgan fingerprint density at radius 3 is 2.52 bits per heavy atom. The molecule has 1 fully saturated rings. The van der Waals surface area contributed by atoms with Crippen molar-refractivity contribution >= 4 is 23.4 Å². The average Bonchev–Trinajstić information content (AvgIpc) is 2.66. The van der Waals surface area contributed by atoms with Crippen LogP contribution in [0.3, 0.4) is 0 Å². The molecule has 6 heteroatoms. The summed E-state index contributed by atoms with van der Waals surface area (Å²) in [5, 5.41) is 2.20. The lowest BCUT2D eigenvalue weighted by Crippen LogP contribution is -2.42. The van der Waals surface area contributed by atoms with Gasteiger partial charge in [0.15, 0.2) is 11.6 Å². The third-order valence-corrected chi connectivity index (χ3v) is 4.02. The molecule has 1 aromatic rings. The van der Waals surface area contributed by atoms with E-state index in [1.54, 1.807) is 0 Å². The number of ketones is 2. The Morgan fingerprint density at radius 1 is 1.10 bits per heavy atom. The summed E-state index contributed by atoms with van der Waals surface area (Å²) in [5.74, 6) is -3.68. The Hall–Kier alpha value is -2.37. The molecule has 0 spiro atoms. The molecule has 2 aliphatic rings. The molecule has 21 heavy (non-hydrogen) atoms. The van der Waals surface area contributed by atoms with Gasteiger partial charge in [0, 0.05) is 23.5 Å². The predicted molar refractivity (Wildman–Crippen MR) is 69.0 cm³/mol. The van der Waals surface area contributed by atoms with E-state index < -0.39 is 29.3 Å². The number of rotatable bonds is 2. The standard InChI is InChI=1S/C15H12FNO4/c16-8-2-3-9-10(6-8)14(20)11(13(9)19)5-7-1-4-12(18)17-15(7)21/h2-3,6-7,11H,1,4-5H2,(H,17,18,21). The molecule has 1 aromatic carbocycles. The summed E-state index contributed by atoms with van der Waals surface area (Å²) >= 11 is 0. The van der Waals surface area contributed by atoms with E-state index in [2.05, 4.69) is 5.32 Å². The lowest BCUT2D eigenvalue weighted by molar-refractivity contribution is -0.136. The molecule has 1 saturated heterocycles. The van der Waals surface area contributed by atoms with Crippen LogP contribution in [0.2, 0.25) is 0 Å². The quantitative estimate of drug-likeness (QED) is 0.656. The topological polar surface area (TPSA) is 80.3 Å². The van der Waals surface area contributed by atoms with E-state index >= 15 is 0 Å². The van der Waals surface area contributed by atoms with E-state index in [0.717, 1.165) is 12.1 Å². The third-order valence-electron chi connectivity index (χ3n) is 4.02. The first-order chi connectivity index (χ1) is 9.97. The number of imide groups is 1. The fraction of sp³-hybridized carbons (Fsp3) is 0.333.